The van der Waals surface area contributed by atoms with E-state index in [1.54, 1.807) is 20.4 Å². The third-order valence-corrected chi connectivity index (χ3v) is 9.36. The molecule has 10 nitrogen and oxygen atoms in total. The standard InChI is InChI=1S/C35H44N6O4/c1-23(2)41-22-30(20-39-41)28-15-16-38-33(18-28)40(34(42)26-9-12-31(13-10-26)45-35(43)37-3)21-24-5-7-25(8-6-24)27-11-14-32(44-4)29(17-27)19-36/h11,14-18,20,22-26,31H,5-10,12-13,21H2,1-4H3,(H,37,43)/t24?,25?,26-,31-. The summed E-state index contributed by atoms with van der Waals surface area (Å²) in [4.78, 5) is 32.6. The van der Waals surface area contributed by atoms with Gasteiger partial charge >= 0.3 is 6.09 Å². The number of ether oxygens (including phenoxy) is 2. The summed E-state index contributed by atoms with van der Waals surface area (Å²) in [5, 5.41) is 16.6. The molecule has 0 aliphatic heterocycles. The first-order valence-electron chi connectivity index (χ1n) is 16.1. The van der Waals surface area contributed by atoms with Gasteiger partial charge in [0.15, 0.2) is 0 Å². The van der Waals surface area contributed by atoms with E-state index in [1.807, 2.05) is 46.2 Å². The lowest BCUT2D eigenvalue weighted by atomic mass is 9.78. The first kappa shape index (κ1) is 32.0. The van der Waals surface area contributed by atoms with Crippen molar-refractivity contribution in [3.8, 4) is 22.9 Å². The summed E-state index contributed by atoms with van der Waals surface area (Å²) in [6, 6.07) is 12.4. The fourth-order valence-corrected chi connectivity index (χ4v) is 6.67. The highest BCUT2D eigenvalue weighted by atomic mass is 16.6. The van der Waals surface area contributed by atoms with Gasteiger partial charge in [0.25, 0.3) is 0 Å². The zero-order chi connectivity index (χ0) is 31.9. The number of carbonyl (C=O) groups is 2. The first-order valence-corrected chi connectivity index (χ1v) is 16.1. The number of aromatic nitrogens is 3. The van der Waals surface area contributed by atoms with Crippen molar-refractivity contribution in [3.63, 3.8) is 0 Å². The molecule has 0 atom stereocenters. The Hall–Kier alpha value is -4.39. The average Bonchev–Trinajstić information content (AvgIpc) is 3.58. The van der Waals surface area contributed by atoms with Gasteiger partial charge < -0.3 is 14.8 Å². The Morgan fingerprint density at radius 1 is 1.07 bits per heavy atom. The number of hydrogen-bond acceptors (Lipinski definition) is 7. The molecule has 238 valence electrons. The van der Waals surface area contributed by atoms with Gasteiger partial charge in [0, 0.05) is 43.5 Å². The molecule has 2 amide bonds. The van der Waals surface area contributed by atoms with Crippen LogP contribution in [-0.2, 0) is 9.53 Å². The quantitative estimate of drug-likeness (QED) is 0.288. The Bertz CT molecular complexity index is 1510. The molecule has 0 radical (unpaired) electrons. The molecule has 10 heteroatoms. The Balaban J connectivity index is 1.32. The Kier molecular flexibility index (Phi) is 10.4. The number of hydrogen-bond donors (Lipinski definition) is 1. The van der Waals surface area contributed by atoms with Crippen LogP contribution in [0.1, 0.15) is 88.3 Å². The van der Waals surface area contributed by atoms with Crippen LogP contribution in [0.25, 0.3) is 11.1 Å². The van der Waals surface area contributed by atoms with Gasteiger partial charge in [-0.05, 0) is 112 Å². The number of nitriles is 1. The van der Waals surface area contributed by atoms with Gasteiger partial charge in [-0.3, -0.25) is 14.4 Å². The summed E-state index contributed by atoms with van der Waals surface area (Å²) in [7, 11) is 3.14. The molecule has 2 aromatic heterocycles. The van der Waals surface area contributed by atoms with Crippen LogP contribution >= 0.6 is 0 Å². The molecular formula is C35H44N6O4. The molecule has 0 saturated heterocycles. The minimum atomic E-state index is -0.428. The maximum atomic E-state index is 14.2. The molecule has 5 rings (SSSR count). The minimum absolute atomic E-state index is 0.0897. The van der Waals surface area contributed by atoms with E-state index in [-0.39, 0.29) is 24.0 Å². The lowest BCUT2D eigenvalue weighted by molar-refractivity contribution is -0.124. The monoisotopic (exact) mass is 612 g/mol. The van der Waals surface area contributed by atoms with E-state index in [9.17, 15) is 14.9 Å². The number of methoxy groups -OCH3 is 1. The lowest BCUT2D eigenvalue weighted by Crippen LogP contribution is -2.42. The van der Waals surface area contributed by atoms with Gasteiger partial charge in [-0.15, -0.1) is 0 Å². The maximum Gasteiger partial charge on any atom is 0.407 e. The molecule has 2 aliphatic rings. The molecule has 2 fully saturated rings. The topological polar surface area (TPSA) is 122 Å². The number of pyridine rings is 1. The van der Waals surface area contributed by atoms with Crippen LogP contribution in [0, 0.1) is 23.2 Å². The fourth-order valence-electron chi connectivity index (χ4n) is 6.67. The normalized spacial score (nSPS) is 21.5. The summed E-state index contributed by atoms with van der Waals surface area (Å²) >= 11 is 0. The summed E-state index contributed by atoms with van der Waals surface area (Å²) in [6.45, 7) is 4.79. The number of anilines is 1. The number of rotatable bonds is 9. The van der Waals surface area contributed by atoms with E-state index in [1.165, 1.54) is 5.56 Å². The van der Waals surface area contributed by atoms with Gasteiger partial charge in [-0.1, -0.05) is 6.07 Å². The number of amides is 2. The SMILES string of the molecule is CNC(=O)O[C@H]1CC[C@H](C(=O)N(CC2CCC(c3ccc(OC)c(C#N)c3)CC2)c2cc(-c3cnn(C(C)C)c3)ccn2)CC1. The number of nitrogens with zero attached hydrogens (tertiary/aromatic N) is 5. The van der Waals surface area contributed by atoms with Gasteiger partial charge in [0.1, 0.15) is 23.7 Å². The second-order valence-corrected chi connectivity index (χ2v) is 12.6. The molecule has 1 N–H and O–H groups in total. The van der Waals surface area contributed by atoms with E-state index in [4.69, 9.17) is 14.5 Å². The minimum Gasteiger partial charge on any atom is -0.495 e. The van der Waals surface area contributed by atoms with Gasteiger partial charge in [0.2, 0.25) is 5.91 Å². The highest BCUT2D eigenvalue weighted by Gasteiger charge is 2.34. The van der Waals surface area contributed by atoms with Gasteiger partial charge in [-0.25, -0.2) is 9.78 Å². The summed E-state index contributed by atoms with van der Waals surface area (Å²) in [5.41, 5.74) is 3.70. The van der Waals surface area contributed by atoms with Gasteiger partial charge in [0.05, 0.1) is 18.9 Å². The third kappa shape index (κ3) is 7.64. The Labute approximate surface area is 265 Å². The second kappa shape index (κ2) is 14.6. The highest BCUT2D eigenvalue weighted by Crippen LogP contribution is 2.39. The maximum absolute atomic E-state index is 14.2. The predicted molar refractivity (Wildman–Crippen MR) is 172 cm³/mol. The van der Waals surface area contributed by atoms with Crippen LogP contribution in [0.3, 0.4) is 0 Å². The molecule has 0 unspecified atom stereocenters. The number of benzene rings is 1. The fraction of sp³-hybridized carbons (Fsp3) is 0.514. The predicted octanol–water partition coefficient (Wildman–Crippen LogP) is 6.63. The van der Waals surface area contributed by atoms with Crippen molar-refractivity contribution in [2.24, 2.45) is 11.8 Å². The van der Waals surface area contributed by atoms with Crippen molar-refractivity contribution >= 4 is 17.8 Å². The highest BCUT2D eigenvalue weighted by molar-refractivity contribution is 5.94. The zero-order valence-corrected chi connectivity index (χ0v) is 26.7. The van der Waals surface area contributed by atoms with Crippen LogP contribution in [-0.4, -0.2) is 53.6 Å². The smallest absolute Gasteiger partial charge is 0.407 e. The summed E-state index contributed by atoms with van der Waals surface area (Å²) in [5.74, 6) is 1.91. The van der Waals surface area contributed by atoms with Crippen molar-refractivity contribution < 1.29 is 19.1 Å². The molecule has 0 bridgehead atoms. The Morgan fingerprint density at radius 2 is 1.82 bits per heavy atom. The largest absolute Gasteiger partial charge is 0.495 e. The van der Waals surface area contributed by atoms with Crippen molar-refractivity contribution in [1.82, 2.24) is 20.1 Å². The van der Waals surface area contributed by atoms with Crippen molar-refractivity contribution in [2.75, 3.05) is 25.6 Å². The van der Waals surface area contributed by atoms with Crippen LogP contribution < -0.4 is 15.0 Å². The Morgan fingerprint density at radius 3 is 2.47 bits per heavy atom. The van der Waals surface area contributed by atoms with Crippen LogP contribution in [0.15, 0.2) is 48.9 Å². The van der Waals surface area contributed by atoms with E-state index >= 15 is 0 Å². The number of nitrogens with one attached hydrogen (secondary N) is 1. The van der Waals surface area contributed by atoms with Crippen LogP contribution in [0.4, 0.5) is 10.6 Å². The average molecular weight is 613 g/mol. The molecule has 1 aromatic carbocycles. The van der Waals surface area contributed by atoms with Crippen molar-refractivity contribution in [3.05, 3.63) is 60.0 Å². The summed E-state index contributed by atoms with van der Waals surface area (Å²) in [6.07, 6.45) is 11.7. The van der Waals surface area contributed by atoms with Crippen molar-refractivity contribution in [2.45, 2.75) is 83.3 Å². The molecule has 2 heterocycles. The first-order chi connectivity index (χ1) is 21.8. The van der Waals surface area contributed by atoms with E-state index < -0.39 is 6.09 Å². The van der Waals surface area contributed by atoms with Gasteiger partial charge in [-0.2, -0.15) is 10.4 Å². The number of carbonyl (C=O) groups excluding carboxylic acids is 2. The molecule has 2 aliphatic carbocycles. The molecule has 0 spiro atoms. The van der Waals surface area contributed by atoms with E-state index in [0.717, 1.165) is 36.8 Å². The molecule has 3 aromatic rings. The molecule has 2 saturated carbocycles. The molecule has 45 heavy (non-hydrogen) atoms. The zero-order valence-electron chi connectivity index (χ0n) is 26.7. The van der Waals surface area contributed by atoms with E-state index in [0.29, 0.717) is 61.2 Å². The van der Waals surface area contributed by atoms with E-state index in [2.05, 4.69) is 36.4 Å². The van der Waals surface area contributed by atoms with Crippen molar-refractivity contribution in [1.29, 1.82) is 5.26 Å². The lowest BCUT2D eigenvalue weighted by Gasteiger charge is -2.35. The van der Waals surface area contributed by atoms with Crippen LogP contribution in [0.5, 0.6) is 5.75 Å². The molecular weight excluding hydrogens is 568 g/mol. The van der Waals surface area contributed by atoms with Crippen LogP contribution in [0.2, 0.25) is 0 Å². The number of alkyl carbamates (subject to hydrolysis) is 1. The third-order valence-electron chi connectivity index (χ3n) is 9.36. The summed E-state index contributed by atoms with van der Waals surface area (Å²) < 4.78 is 12.7. The second-order valence-electron chi connectivity index (χ2n) is 12.6.